The summed E-state index contributed by atoms with van der Waals surface area (Å²) < 4.78 is 11.7. The first kappa shape index (κ1) is 16.2. The Bertz CT molecular complexity index is 854. The molecule has 2 aromatic carbocycles. The average Bonchev–Trinajstić information content (AvgIpc) is 3.12. The first-order valence-corrected chi connectivity index (χ1v) is 7.31. The zero-order valence-electron chi connectivity index (χ0n) is 13.6. The second kappa shape index (κ2) is 7.30. The highest BCUT2D eigenvalue weighted by atomic mass is 16.5. The van der Waals surface area contributed by atoms with Gasteiger partial charge in [0, 0.05) is 5.56 Å². The summed E-state index contributed by atoms with van der Waals surface area (Å²) in [6, 6.07) is 12.7. The van der Waals surface area contributed by atoms with Gasteiger partial charge in [0.15, 0.2) is 11.5 Å². The number of phenolic OH excluding ortho intramolecular Hbond substituents is 1. The number of anilines is 1. The van der Waals surface area contributed by atoms with E-state index in [1.165, 1.54) is 25.1 Å². The van der Waals surface area contributed by atoms with E-state index in [4.69, 9.17) is 9.47 Å². The molecule has 0 aliphatic heterocycles. The summed E-state index contributed by atoms with van der Waals surface area (Å²) in [5.41, 5.74) is 4.25. The second-order valence-electron chi connectivity index (χ2n) is 4.89. The van der Waals surface area contributed by atoms with Crippen LogP contribution < -0.4 is 14.9 Å². The SMILES string of the molecule is COc1cc(/C=N/Nc2nnnn2-c2ccccc2)cc(OC)c1O. The van der Waals surface area contributed by atoms with Crippen LogP contribution in [0.5, 0.6) is 17.2 Å². The molecular weight excluding hydrogens is 324 g/mol. The van der Waals surface area contributed by atoms with Gasteiger partial charge >= 0.3 is 0 Å². The Balaban J connectivity index is 1.80. The van der Waals surface area contributed by atoms with Crippen molar-refractivity contribution in [1.29, 1.82) is 0 Å². The lowest BCUT2D eigenvalue weighted by Crippen LogP contribution is -2.03. The quantitative estimate of drug-likeness (QED) is 0.521. The van der Waals surface area contributed by atoms with E-state index in [-0.39, 0.29) is 17.2 Å². The third-order valence-electron chi connectivity index (χ3n) is 3.35. The molecule has 0 aliphatic rings. The zero-order valence-corrected chi connectivity index (χ0v) is 13.6. The first-order valence-electron chi connectivity index (χ1n) is 7.31. The number of hydrogen-bond donors (Lipinski definition) is 2. The molecule has 3 rings (SSSR count). The first-order chi connectivity index (χ1) is 12.2. The molecule has 0 saturated carbocycles. The number of hydrogen-bond acceptors (Lipinski definition) is 8. The van der Waals surface area contributed by atoms with E-state index in [0.717, 1.165) is 5.69 Å². The maximum Gasteiger partial charge on any atom is 0.268 e. The number of aromatic hydroxyl groups is 1. The Hall–Kier alpha value is -3.62. The van der Waals surface area contributed by atoms with Gasteiger partial charge in [-0.1, -0.05) is 23.3 Å². The van der Waals surface area contributed by atoms with Crippen LogP contribution in [0.4, 0.5) is 5.95 Å². The summed E-state index contributed by atoms with van der Waals surface area (Å²) >= 11 is 0. The number of ether oxygens (including phenoxy) is 2. The van der Waals surface area contributed by atoms with Gasteiger partial charge in [0.25, 0.3) is 5.95 Å². The predicted molar refractivity (Wildman–Crippen MR) is 91.6 cm³/mol. The van der Waals surface area contributed by atoms with Gasteiger partial charge in [-0.3, -0.25) is 0 Å². The number of nitrogens with zero attached hydrogens (tertiary/aromatic N) is 5. The Morgan fingerprint density at radius 2 is 1.80 bits per heavy atom. The molecular formula is C16H16N6O3. The molecule has 0 unspecified atom stereocenters. The van der Waals surface area contributed by atoms with E-state index in [0.29, 0.717) is 11.5 Å². The minimum atomic E-state index is -0.0665. The average molecular weight is 340 g/mol. The summed E-state index contributed by atoms with van der Waals surface area (Å²) in [7, 11) is 2.92. The normalized spacial score (nSPS) is 10.8. The van der Waals surface area contributed by atoms with Crippen molar-refractivity contribution in [2.45, 2.75) is 0 Å². The van der Waals surface area contributed by atoms with E-state index in [9.17, 15) is 5.11 Å². The third-order valence-corrected chi connectivity index (χ3v) is 3.35. The number of nitrogens with one attached hydrogen (secondary N) is 1. The zero-order chi connectivity index (χ0) is 17.6. The molecule has 128 valence electrons. The maximum absolute atomic E-state index is 9.91. The van der Waals surface area contributed by atoms with Gasteiger partial charge in [0.2, 0.25) is 5.75 Å². The fourth-order valence-corrected chi connectivity index (χ4v) is 2.15. The van der Waals surface area contributed by atoms with E-state index < -0.39 is 0 Å². The molecule has 25 heavy (non-hydrogen) atoms. The van der Waals surface area contributed by atoms with Gasteiger partial charge in [0.1, 0.15) is 0 Å². The molecule has 0 bridgehead atoms. The lowest BCUT2D eigenvalue weighted by Gasteiger charge is -2.09. The summed E-state index contributed by atoms with van der Waals surface area (Å²) in [4.78, 5) is 0. The summed E-state index contributed by atoms with van der Waals surface area (Å²) in [6.45, 7) is 0. The van der Waals surface area contributed by atoms with Gasteiger partial charge in [-0.2, -0.15) is 9.78 Å². The summed E-state index contributed by atoms with van der Waals surface area (Å²) in [6.07, 6.45) is 1.54. The van der Waals surface area contributed by atoms with Crippen LogP contribution in [0, 0.1) is 0 Å². The fourth-order valence-electron chi connectivity index (χ4n) is 2.15. The minimum Gasteiger partial charge on any atom is -0.502 e. The molecule has 0 radical (unpaired) electrons. The second-order valence-corrected chi connectivity index (χ2v) is 4.89. The smallest absolute Gasteiger partial charge is 0.268 e. The molecule has 3 aromatic rings. The van der Waals surface area contributed by atoms with Crippen LogP contribution in [-0.2, 0) is 0 Å². The third kappa shape index (κ3) is 3.50. The van der Waals surface area contributed by atoms with Crippen LogP contribution in [0.2, 0.25) is 0 Å². The molecule has 0 spiro atoms. The van der Waals surface area contributed by atoms with Crippen molar-refractivity contribution in [1.82, 2.24) is 20.2 Å². The van der Waals surface area contributed by atoms with Gasteiger partial charge in [-0.25, -0.2) is 5.43 Å². The van der Waals surface area contributed by atoms with E-state index in [1.807, 2.05) is 30.3 Å². The number of aromatic nitrogens is 4. The highest BCUT2D eigenvalue weighted by molar-refractivity contribution is 5.82. The minimum absolute atomic E-state index is 0.0665. The van der Waals surface area contributed by atoms with E-state index >= 15 is 0 Å². The monoisotopic (exact) mass is 340 g/mol. The van der Waals surface area contributed by atoms with Crippen molar-refractivity contribution in [2.75, 3.05) is 19.6 Å². The Morgan fingerprint density at radius 3 is 2.44 bits per heavy atom. The molecule has 0 fully saturated rings. The summed E-state index contributed by atoms with van der Waals surface area (Å²) in [5, 5.41) is 25.5. The molecule has 0 amide bonds. The molecule has 1 heterocycles. The van der Waals surface area contributed by atoms with Crippen molar-refractivity contribution in [2.24, 2.45) is 5.10 Å². The standard InChI is InChI=1S/C16H16N6O3/c1-24-13-8-11(9-14(25-2)15(13)23)10-17-18-16-19-20-21-22(16)12-6-4-3-5-7-12/h3-10,23H,1-2H3,(H,18,19,21)/b17-10+. The lowest BCUT2D eigenvalue weighted by atomic mass is 10.2. The number of phenols is 1. The van der Waals surface area contributed by atoms with Crippen molar-refractivity contribution in [3.63, 3.8) is 0 Å². The topological polar surface area (TPSA) is 107 Å². The van der Waals surface area contributed by atoms with Gasteiger partial charge < -0.3 is 14.6 Å². The van der Waals surface area contributed by atoms with Gasteiger partial charge in [-0.05, 0) is 34.7 Å². The van der Waals surface area contributed by atoms with Crippen molar-refractivity contribution in [3.8, 4) is 22.9 Å². The molecule has 1 aromatic heterocycles. The fraction of sp³-hybridized carbons (Fsp3) is 0.125. The Labute approximate surface area is 143 Å². The molecule has 9 nitrogen and oxygen atoms in total. The number of para-hydroxylation sites is 1. The van der Waals surface area contributed by atoms with Gasteiger partial charge in [-0.15, -0.1) is 0 Å². The van der Waals surface area contributed by atoms with E-state index in [1.54, 1.807) is 12.1 Å². The van der Waals surface area contributed by atoms with Crippen LogP contribution in [0.25, 0.3) is 5.69 Å². The molecule has 2 N–H and O–H groups in total. The highest BCUT2D eigenvalue weighted by Gasteiger charge is 2.10. The Morgan fingerprint density at radius 1 is 1.12 bits per heavy atom. The summed E-state index contributed by atoms with van der Waals surface area (Å²) in [5.74, 6) is 0.869. The van der Waals surface area contributed by atoms with Crippen molar-refractivity contribution < 1.29 is 14.6 Å². The van der Waals surface area contributed by atoms with Crippen LogP contribution in [0.15, 0.2) is 47.6 Å². The van der Waals surface area contributed by atoms with E-state index in [2.05, 4.69) is 26.1 Å². The van der Waals surface area contributed by atoms with Crippen LogP contribution in [0.3, 0.4) is 0 Å². The number of methoxy groups -OCH3 is 2. The van der Waals surface area contributed by atoms with Crippen molar-refractivity contribution >= 4 is 12.2 Å². The number of tetrazole rings is 1. The molecule has 0 aliphatic carbocycles. The largest absolute Gasteiger partial charge is 0.502 e. The number of hydrazone groups is 1. The Kier molecular flexibility index (Phi) is 4.74. The van der Waals surface area contributed by atoms with Crippen LogP contribution >= 0.6 is 0 Å². The van der Waals surface area contributed by atoms with Crippen molar-refractivity contribution in [3.05, 3.63) is 48.0 Å². The van der Waals surface area contributed by atoms with Crippen LogP contribution in [-0.4, -0.2) is 45.7 Å². The number of benzene rings is 2. The highest BCUT2D eigenvalue weighted by Crippen LogP contribution is 2.36. The predicted octanol–water partition coefficient (Wildman–Crippen LogP) is 1.83. The lowest BCUT2D eigenvalue weighted by molar-refractivity contribution is 0.340. The maximum atomic E-state index is 9.91. The number of rotatable bonds is 6. The molecule has 0 atom stereocenters. The van der Waals surface area contributed by atoms with Gasteiger partial charge in [0.05, 0.1) is 26.1 Å². The molecule has 0 saturated heterocycles. The molecule has 9 heteroatoms. The van der Waals surface area contributed by atoms with Crippen LogP contribution in [0.1, 0.15) is 5.56 Å².